The lowest BCUT2D eigenvalue weighted by atomic mass is 9.99. The minimum atomic E-state index is 0.260. The molecule has 0 spiro atoms. The Kier molecular flexibility index (Phi) is 4.15. The van der Waals surface area contributed by atoms with E-state index in [-0.39, 0.29) is 6.04 Å². The molecule has 2 heterocycles. The fourth-order valence-corrected chi connectivity index (χ4v) is 2.50. The van der Waals surface area contributed by atoms with Crippen molar-refractivity contribution in [2.75, 3.05) is 13.1 Å². The predicted octanol–water partition coefficient (Wildman–Crippen LogP) is 2.82. The topological polar surface area (TPSA) is 42.2 Å². The Bertz CT molecular complexity index is 350. The van der Waals surface area contributed by atoms with Crippen LogP contribution in [-0.2, 0) is 6.42 Å². The third kappa shape index (κ3) is 3.06. The van der Waals surface area contributed by atoms with Crippen molar-refractivity contribution in [2.24, 2.45) is 5.92 Å². The molecule has 1 aliphatic heterocycles. The lowest BCUT2D eigenvalue weighted by molar-refractivity contribution is 0.117. The molecule has 1 aromatic rings. The lowest BCUT2D eigenvalue weighted by Crippen LogP contribution is -2.36. The van der Waals surface area contributed by atoms with Crippen LogP contribution in [0.3, 0.4) is 0 Å². The molecule has 17 heavy (non-hydrogen) atoms. The molecule has 0 unspecified atom stereocenters. The van der Waals surface area contributed by atoms with E-state index in [1.165, 1.54) is 12.8 Å². The van der Waals surface area contributed by atoms with Crippen LogP contribution >= 0.6 is 0 Å². The summed E-state index contributed by atoms with van der Waals surface area (Å²) >= 11 is 0. The second-order valence-electron chi connectivity index (χ2n) is 5.22. The van der Waals surface area contributed by atoms with E-state index in [1.807, 2.05) is 0 Å². The Balaban J connectivity index is 1.99. The average Bonchev–Trinajstić information content (AvgIpc) is 2.77. The van der Waals surface area contributed by atoms with Crippen LogP contribution in [0.5, 0.6) is 0 Å². The molecule has 0 amide bonds. The second-order valence-corrected chi connectivity index (χ2v) is 5.22. The Labute approximate surface area is 103 Å². The van der Waals surface area contributed by atoms with E-state index in [0.29, 0.717) is 0 Å². The van der Waals surface area contributed by atoms with Crippen molar-refractivity contribution in [3.8, 4) is 0 Å². The third-order valence-electron chi connectivity index (χ3n) is 3.55. The molecule has 0 radical (unpaired) electrons. The average molecular weight is 237 g/mol. The molecule has 0 aliphatic carbocycles. The van der Waals surface area contributed by atoms with Crippen LogP contribution < -0.4 is 0 Å². The minimum Gasteiger partial charge on any atom is -0.338 e. The number of aryl methyl sites for hydroxylation is 1. The van der Waals surface area contributed by atoms with Gasteiger partial charge in [-0.05, 0) is 38.6 Å². The summed E-state index contributed by atoms with van der Waals surface area (Å²) in [4.78, 5) is 6.94. The Morgan fingerprint density at radius 3 is 3.06 bits per heavy atom. The fourth-order valence-electron chi connectivity index (χ4n) is 2.50. The van der Waals surface area contributed by atoms with E-state index < -0.39 is 0 Å². The van der Waals surface area contributed by atoms with Crippen LogP contribution in [0.4, 0.5) is 0 Å². The van der Waals surface area contributed by atoms with Gasteiger partial charge in [0.1, 0.15) is 0 Å². The van der Waals surface area contributed by atoms with Gasteiger partial charge in [0, 0.05) is 13.0 Å². The fraction of sp³-hybridized carbons (Fsp3) is 0.846. The summed E-state index contributed by atoms with van der Waals surface area (Å²) in [6.45, 7) is 8.91. The second kappa shape index (κ2) is 5.63. The van der Waals surface area contributed by atoms with E-state index in [1.54, 1.807) is 0 Å². The summed E-state index contributed by atoms with van der Waals surface area (Å²) in [7, 11) is 0. The molecule has 2 rings (SSSR count). The van der Waals surface area contributed by atoms with E-state index in [2.05, 4.69) is 35.8 Å². The van der Waals surface area contributed by atoms with Gasteiger partial charge in [-0.25, -0.2) is 0 Å². The highest BCUT2D eigenvalue weighted by Crippen LogP contribution is 2.25. The van der Waals surface area contributed by atoms with E-state index in [4.69, 9.17) is 4.52 Å². The normalized spacial score (nSPS) is 23.8. The molecule has 0 bridgehead atoms. The van der Waals surface area contributed by atoms with Crippen molar-refractivity contribution in [1.82, 2.24) is 15.0 Å². The summed E-state index contributed by atoms with van der Waals surface area (Å²) in [5, 5.41) is 4.03. The number of hydrogen-bond acceptors (Lipinski definition) is 4. The van der Waals surface area contributed by atoms with Crippen molar-refractivity contribution >= 4 is 0 Å². The monoisotopic (exact) mass is 237 g/mol. The van der Waals surface area contributed by atoms with E-state index in [0.717, 1.165) is 43.6 Å². The van der Waals surface area contributed by atoms with E-state index in [9.17, 15) is 0 Å². The number of nitrogens with zero attached hydrogens (tertiary/aromatic N) is 3. The van der Waals surface area contributed by atoms with Gasteiger partial charge >= 0.3 is 0 Å². The molecule has 1 aromatic heterocycles. The molecule has 0 aromatic carbocycles. The molecule has 0 N–H and O–H groups in total. The lowest BCUT2D eigenvalue weighted by Gasteiger charge is -2.33. The highest BCUT2D eigenvalue weighted by atomic mass is 16.5. The minimum absolute atomic E-state index is 0.260. The zero-order valence-electron chi connectivity index (χ0n) is 11.1. The zero-order chi connectivity index (χ0) is 12.3. The van der Waals surface area contributed by atoms with Crippen molar-refractivity contribution in [3.05, 3.63) is 11.7 Å². The Morgan fingerprint density at radius 1 is 1.53 bits per heavy atom. The molecule has 4 nitrogen and oxygen atoms in total. The Morgan fingerprint density at radius 2 is 2.35 bits per heavy atom. The first-order valence-corrected chi connectivity index (χ1v) is 6.77. The third-order valence-corrected chi connectivity index (χ3v) is 3.55. The largest absolute Gasteiger partial charge is 0.338 e. The maximum absolute atomic E-state index is 5.36. The number of aromatic nitrogens is 2. The number of hydrogen-bond donors (Lipinski definition) is 0. The smallest absolute Gasteiger partial charge is 0.243 e. The molecule has 0 saturated carbocycles. The van der Waals surface area contributed by atoms with Crippen molar-refractivity contribution < 1.29 is 4.52 Å². The summed E-state index contributed by atoms with van der Waals surface area (Å²) in [5.41, 5.74) is 0. The SMILES string of the molecule is CCCc1noc([C@H](C)N2CCC[C@@H](C)C2)n1. The van der Waals surface area contributed by atoms with Crippen molar-refractivity contribution in [1.29, 1.82) is 0 Å². The summed E-state index contributed by atoms with van der Waals surface area (Å²) < 4.78 is 5.36. The highest BCUT2D eigenvalue weighted by Gasteiger charge is 2.25. The van der Waals surface area contributed by atoms with Crippen molar-refractivity contribution in [2.45, 2.75) is 52.5 Å². The number of likely N-dealkylation sites (tertiary alicyclic amines) is 1. The molecular weight excluding hydrogens is 214 g/mol. The van der Waals surface area contributed by atoms with Gasteiger partial charge in [0.25, 0.3) is 0 Å². The maximum Gasteiger partial charge on any atom is 0.243 e. The van der Waals surface area contributed by atoms with Gasteiger partial charge in [0.15, 0.2) is 5.82 Å². The number of piperidine rings is 1. The van der Waals surface area contributed by atoms with Crippen LogP contribution in [0, 0.1) is 5.92 Å². The molecule has 4 heteroatoms. The van der Waals surface area contributed by atoms with Crippen molar-refractivity contribution in [3.63, 3.8) is 0 Å². The highest BCUT2D eigenvalue weighted by molar-refractivity contribution is 4.93. The molecule has 2 atom stereocenters. The van der Waals surface area contributed by atoms with E-state index >= 15 is 0 Å². The zero-order valence-corrected chi connectivity index (χ0v) is 11.1. The predicted molar refractivity (Wildman–Crippen MR) is 66.7 cm³/mol. The molecule has 96 valence electrons. The molecular formula is C13H23N3O. The van der Waals surface area contributed by atoms with Crippen LogP contribution in [0.1, 0.15) is 57.8 Å². The van der Waals surface area contributed by atoms with Crippen LogP contribution in [0.25, 0.3) is 0 Å². The van der Waals surface area contributed by atoms with Crippen LogP contribution in [0.15, 0.2) is 4.52 Å². The van der Waals surface area contributed by atoms with Crippen LogP contribution in [-0.4, -0.2) is 28.1 Å². The first kappa shape index (κ1) is 12.6. The van der Waals surface area contributed by atoms with Gasteiger partial charge in [-0.2, -0.15) is 4.98 Å². The summed E-state index contributed by atoms with van der Waals surface area (Å²) in [5.74, 6) is 2.41. The standard InChI is InChI=1S/C13H23N3O/c1-4-6-12-14-13(17-15-12)11(3)16-8-5-7-10(2)9-16/h10-11H,4-9H2,1-3H3/t10-,11+/m1/s1. The molecule has 1 aliphatic rings. The number of rotatable bonds is 4. The van der Waals surface area contributed by atoms with Crippen LogP contribution in [0.2, 0.25) is 0 Å². The summed E-state index contributed by atoms with van der Waals surface area (Å²) in [6, 6.07) is 0.260. The van der Waals surface area contributed by atoms with Gasteiger partial charge in [-0.1, -0.05) is 19.0 Å². The van der Waals surface area contributed by atoms with Gasteiger partial charge < -0.3 is 4.52 Å². The quantitative estimate of drug-likeness (QED) is 0.807. The molecule has 1 saturated heterocycles. The van der Waals surface area contributed by atoms with Gasteiger partial charge in [0.2, 0.25) is 5.89 Å². The van der Waals surface area contributed by atoms with Gasteiger partial charge in [-0.3, -0.25) is 4.90 Å². The summed E-state index contributed by atoms with van der Waals surface area (Å²) in [6.07, 6.45) is 4.59. The first-order chi connectivity index (χ1) is 8.20. The molecule has 1 fully saturated rings. The van der Waals surface area contributed by atoms with Gasteiger partial charge in [-0.15, -0.1) is 0 Å². The maximum atomic E-state index is 5.36. The Hall–Kier alpha value is -0.900. The van der Waals surface area contributed by atoms with Gasteiger partial charge in [0.05, 0.1) is 6.04 Å². The first-order valence-electron chi connectivity index (χ1n) is 6.77.